The van der Waals surface area contributed by atoms with Gasteiger partial charge in [0.05, 0.1) is 5.69 Å². The van der Waals surface area contributed by atoms with E-state index in [2.05, 4.69) is 169 Å². The highest BCUT2D eigenvalue weighted by Gasteiger charge is 2.33. The average Bonchev–Trinajstić information content (AvgIpc) is 3.54. The van der Waals surface area contributed by atoms with Crippen molar-refractivity contribution in [3.63, 3.8) is 0 Å². The van der Waals surface area contributed by atoms with Crippen LogP contribution in [-0.2, 0) is 17.7 Å². The molecule has 7 aromatic rings. The van der Waals surface area contributed by atoms with Crippen LogP contribution in [0.25, 0.3) is 44.2 Å². The van der Waals surface area contributed by atoms with Crippen LogP contribution in [0.5, 0.6) is 5.75 Å². The molecule has 0 atom stereocenters. The first kappa shape index (κ1) is 31.0. The van der Waals surface area contributed by atoms with Gasteiger partial charge in [0.15, 0.2) is 11.5 Å². The molecule has 0 unspecified atom stereocenters. The van der Waals surface area contributed by atoms with Gasteiger partial charge in [-0.3, -0.25) is 9.78 Å². The van der Waals surface area contributed by atoms with Gasteiger partial charge in [-0.2, -0.15) is 0 Å². The smallest absolute Gasteiger partial charge is 0.187 e. The molecular weight excluding hydrogens is 659 g/mol. The Bertz CT molecular complexity index is 2720. The number of hydrogen-bond donors (Lipinski definition) is 0. The number of rotatable bonds is 6. The normalized spacial score (nSPS) is 15.1. The molecule has 3 aliphatic carbocycles. The van der Waals surface area contributed by atoms with Gasteiger partial charge in [0.1, 0.15) is 0 Å². The fraction of sp³-hybridized carbons (Fsp3) is 0.0980. The van der Waals surface area contributed by atoms with Crippen LogP contribution < -0.4 is 9.79 Å². The number of allylic oxidation sites excluding steroid dienone is 4. The molecular formula is C51H37NO2. The zero-order chi connectivity index (χ0) is 35.6. The van der Waals surface area contributed by atoms with Crippen molar-refractivity contribution in [2.75, 3.05) is 4.90 Å². The van der Waals surface area contributed by atoms with Crippen LogP contribution >= 0.6 is 0 Å². The summed E-state index contributed by atoms with van der Waals surface area (Å²) in [5.74, 6) is 1.65. The molecule has 7 aromatic carbocycles. The Kier molecular flexibility index (Phi) is 7.19. The molecule has 258 valence electrons. The Morgan fingerprint density at radius 2 is 1.22 bits per heavy atom. The summed E-state index contributed by atoms with van der Waals surface area (Å²) in [5.41, 5.74) is 18.6. The fourth-order valence-electron chi connectivity index (χ4n) is 9.09. The van der Waals surface area contributed by atoms with Crippen molar-refractivity contribution in [1.29, 1.82) is 0 Å². The fourth-order valence-corrected chi connectivity index (χ4v) is 9.09. The molecule has 0 radical (unpaired) electrons. The predicted octanol–water partition coefficient (Wildman–Crippen LogP) is 13.3. The van der Waals surface area contributed by atoms with Gasteiger partial charge in [-0.1, -0.05) is 121 Å². The van der Waals surface area contributed by atoms with E-state index in [4.69, 9.17) is 9.78 Å². The van der Waals surface area contributed by atoms with Crippen LogP contribution in [0.2, 0.25) is 0 Å². The maximum absolute atomic E-state index is 6.12. The van der Waals surface area contributed by atoms with Crippen LogP contribution in [-0.4, -0.2) is 0 Å². The van der Waals surface area contributed by atoms with Gasteiger partial charge in [0, 0.05) is 33.5 Å². The number of aryl methyl sites for hydroxylation is 1. The summed E-state index contributed by atoms with van der Waals surface area (Å²) < 4.78 is 0. The minimum Gasteiger partial charge on any atom is -0.310 e. The van der Waals surface area contributed by atoms with Gasteiger partial charge in [-0.05, 0) is 131 Å². The Morgan fingerprint density at radius 1 is 0.500 bits per heavy atom. The molecule has 0 amide bonds. The summed E-state index contributed by atoms with van der Waals surface area (Å²) in [4.78, 5) is 14.5. The van der Waals surface area contributed by atoms with Gasteiger partial charge < -0.3 is 4.90 Å². The number of para-hydroxylation sites is 1. The van der Waals surface area contributed by atoms with Gasteiger partial charge in [-0.15, -0.1) is 0 Å². The van der Waals surface area contributed by atoms with E-state index in [1.807, 2.05) is 0 Å². The lowest BCUT2D eigenvalue weighted by Gasteiger charge is -2.28. The number of anilines is 3. The van der Waals surface area contributed by atoms with Crippen LogP contribution in [0, 0.1) is 0 Å². The third kappa shape index (κ3) is 5.03. The Hall–Kier alpha value is -6.58. The second-order valence-electron chi connectivity index (χ2n) is 14.7. The van der Waals surface area contributed by atoms with E-state index in [1.165, 1.54) is 61.0 Å². The topological polar surface area (TPSA) is 21.7 Å². The maximum atomic E-state index is 6.12. The monoisotopic (exact) mass is 695 g/mol. The molecule has 0 N–H and O–H groups in total. The molecule has 0 aromatic heterocycles. The lowest BCUT2D eigenvalue weighted by molar-refractivity contribution is -0.157. The number of benzene rings is 7. The van der Waals surface area contributed by atoms with E-state index in [1.54, 1.807) is 0 Å². The first-order chi connectivity index (χ1) is 26.8. The molecule has 3 heteroatoms. The molecule has 3 nitrogen and oxygen atoms in total. The van der Waals surface area contributed by atoms with Crippen LogP contribution in [0.1, 0.15) is 47.1 Å². The predicted molar refractivity (Wildman–Crippen MR) is 221 cm³/mol. The highest BCUT2D eigenvalue weighted by atomic mass is 17.2. The Morgan fingerprint density at radius 3 is 2.06 bits per heavy atom. The van der Waals surface area contributed by atoms with E-state index in [0.29, 0.717) is 0 Å². The summed E-state index contributed by atoms with van der Waals surface area (Å²) in [5, 5.41) is 2.33. The molecule has 0 fully saturated rings. The number of hydrogen-bond acceptors (Lipinski definition) is 3. The van der Waals surface area contributed by atoms with Gasteiger partial charge in [-0.25, -0.2) is 0 Å². The molecule has 4 aliphatic rings. The third-order valence-electron chi connectivity index (χ3n) is 11.6. The largest absolute Gasteiger partial charge is 0.310 e. The number of fused-ring (bicyclic) bond motifs is 1. The lowest BCUT2D eigenvalue weighted by Crippen LogP contribution is -2.11. The van der Waals surface area contributed by atoms with Crippen LogP contribution in [0.3, 0.4) is 0 Å². The van der Waals surface area contributed by atoms with Crippen molar-refractivity contribution >= 4 is 39.0 Å². The SMILES string of the molecule is C1=C2OOc3cc(-c4ccc(N(c5ccc(C6=CCCc7ccccc76)cc5)c5ccccc5-c5ccccc5)cc4)cc4ccc5c(c34)C2=C(CC1)C5. The first-order valence-electron chi connectivity index (χ1n) is 19.1. The summed E-state index contributed by atoms with van der Waals surface area (Å²) in [6, 6.07) is 55.2. The standard InChI is InChI=1S/C51H37NO2/c1-2-10-35(11-3-1)45-16-6-7-18-46(45)52(42-28-24-36(25-29-42)44-17-8-13-34-12-4-5-15-43(34)44)41-26-22-33(23-27-41)40-31-38-20-21-39-30-37-14-9-19-47-49(37)51(39)50(38)48(32-40)54-53-47/h1-7,10-12,15-29,31-32H,8-9,13-14,30H2. The minimum absolute atomic E-state index is 0.779. The van der Waals surface area contributed by atoms with Crippen molar-refractivity contribution < 1.29 is 9.78 Å². The molecule has 0 saturated heterocycles. The quantitative estimate of drug-likeness (QED) is 0.162. The molecule has 0 saturated carbocycles. The molecule has 54 heavy (non-hydrogen) atoms. The highest BCUT2D eigenvalue weighted by molar-refractivity contribution is 6.06. The van der Waals surface area contributed by atoms with Crippen molar-refractivity contribution in [2.45, 2.75) is 32.1 Å². The second kappa shape index (κ2) is 12.5. The maximum Gasteiger partial charge on any atom is 0.187 e. The van der Waals surface area contributed by atoms with E-state index in [9.17, 15) is 0 Å². The van der Waals surface area contributed by atoms with Gasteiger partial charge >= 0.3 is 0 Å². The Balaban J connectivity index is 1.00. The third-order valence-corrected chi connectivity index (χ3v) is 11.6. The first-order valence-corrected chi connectivity index (χ1v) is 19.1. The van der Waals surface area contributed by atoms with Gasteiger partial charge in [0.2, 0.25) is 0 Å². The summed E-state index contributed by atoms with van der Waals surface area (Å²) >= 11 is 0. The summed E-state index contributed by atoms with van der Waals surface area (Å²) in [7, 11) is 0. The van der Waals surface area contributed by atoms with E-state index < -0.39 is 0 Å². The van der Waals surface area contributed by atoms with E-state index in [-0.39, 0.29) is 0 Å². The lowest BCUT2D eigenvalue weighted by atomic mass is 9.87. The molecule has 0 bridgehead atoms. The van der Waals surface area contributed by atoms with Crippen LogP contribution in [0.15, 0.2) is 175 Å². The van der Waals surface area contributed by atoms with Crippen molar-refractivity contribution in [3.8, 4) is 28.0 Å². The van der Waals surface area contributed by atoms with Crippen molar-refractivity contribution in [3.05, 3.63) is 203 Å². The zero-order valence-corrected chi connectivity index (χ0v) is 29.9. The number of nitrogens with zero attached hydrogens (tertiary/aromatic N) is 1. The van der Waals surface area contributed by atoms with E-state index in [0.717, 1.165) is 77.2 Å². The average molecular weight is 696 g/mol. The molecule has 1 heterocycles. The second-order valence-corrected chi connectivity index (χ2v) is 14.7. The van der Waals surface area contributed by atoms with Crippen LogP contribution in [0.4, 0.5) is 17.1 Å². The Labute approximate surface area is 315 Å². The summed E-state index contributed by atoms with van der Waals surface area (Å²) in [6.07, 6.45) is 9.81. The highest BCUT2D eigenvalue weighted by Crippen LogP contribution is 2.51. The molecule has 11 rings (SSSR count). The molecule has 0 spiro atoms. The zero-order valence-electron chi connectivity index (χ0n) is 29.9. The minimum atomic E-state index is 0.779. The van der Waals surface area contributed by atoms with Crippen molar-refractivity contribution in [2.24, 2.45) is 0 Å². The van der Waals surface area contributed by atoms with Crippen molar-refractivity contribution in [1.82, 2.24) is 0 Å². The molecule has 1 aliphatic heterocycles. The van der Waals surface area contributed by atoms with E-state index >= 15 is 0 Å². The van der Waals surface area contributed by atoms with Gasteiger partial charge in [0.25, 0.3) is 0 Å². The summed E-state index contributed by atoms with van der Waals surface area (Å²) in [6.45, 7) is 0.